The molecule has 0 aliphatic carbocycles. The molecule has 0 unspecified atom stereocenters. The van der Waals surface area contributed by atoms with Gasteiger partial charge in [0.05, 0.1) is 18.5 Å². The van der Waals surface area contributed by atoms with Crippen LogP contribution in [0.1, 0.15) is 23.6 Å². The highest BCUT2D eigenvalue weighted by Crippen LogP contribution is 2.24. The first-order chi connectivity index (χ1) is 10.9. The summed E-state index contributed by atoms with van der Waals surface area (Å²) in [6.45, 7) is -0.737. The first-order valence-corrected chi connectivity index (χ1v) is 8.63. The van der Waals surface area contributed by atoms with Gasteiger partial charge in [0.2, 0.25) is 10.0 Å². The fourth-order valence-corrected chi connectivity index (χ4v) is 3.36. The van der Waals surface area contributed by atoms with E-state index in [0.29, 0.717) is 11.1 Å². The van der Waals surface area contributed by atoms with E-state index in [1.807, 2.05) is 0 Å². The lowest BCUT2D eigenvalue weighted by Crippen LogP contribution is -2.31. The molecule has 0 bridgehead atoms. The molecular weight excluding hydrogens is 327 g/mol. The van der Waals surface area contributed by atoms with E-state index >= 15 is 0 Å². The molecule has 0 heterocycles. The first kappa shape index (κ1) is 17.5. The fraction of sp³-hybridized carbons (Fsp3) is 0.250. The third-order valence-electron chi connectivity index (χ3n) is 3.25. The van der Waals surface area contributed by atoms with Crippen LogP contribution in [0.5, 0.6) is 0 Å². The molecule has 0 radical (unpaired) electrons. The van der Waals surface area contributed by atoms with Crippen molar-refractivity contribution in [2.75, 3.05) is 12.4 Å². The first-order valence-electron chi connectivity index (χ1n) is 6.98. The predicted molar refractivity (Wildman–Crippen MR) is 82.2 cm³/mol. The second-order valence-corrected chi connectivity index (χ2v) is 6.89. The zero-order valence-electron chi connectivity index (χ0n) is 12.2. The van der Waals surface area contributed by atoms with Crippen molar-refractivity contribution in [1.29, 1.82) is 0 Å². The fourth-order valence-electron chi connectivity index (χ4n) is 2.12. The molecule has 0 saturated carbocycles. The van der Waals surface area contributed by atoms with Gasteiger partial charge in [-0.25, -0.2) is 21.9 Å². The summed E-state index contributed by atoms with van der Waals surface area (Å²) in [6.07, 6.45) is -0.116. The van der Waals surface area contributed by atoms with Crippen molar-refractivity contribution in [1.82, 2.24) is 4.72 Å². The third kappa shape index (κ3) is 5.07. The number of rotatable bonds is 7. The molecule has 23 heavy (non-hydrogen) atoms. The molecule has 124 valence electrons. The highest BCUT2D eigenvalue weighted by molar-refractivity contribution is 7.89. The topological polar surface area (TPSA) is 46.2 Å². The van der Waals surface area contributed by atoms with Gasteiger partial charge in [-0.1, -0.05) is 24.3 Å². The van der Waals surface area contributed by atoms with Crippen molar-refractivity contribution in [2.24, 2.45) is 0 Å². The molecule has 0 aromatic heterocycles. The van der Waals surface area contributed by atoms with Gasteiger partial charge in [-0.3, -0.25) is 4.39 Å². The Morgan fingerprint density at radius 1 is 0.870 bits per heavy atom. The van der Waals surface area contributed by atoms with Gasteiger partial charge in [-0.15, -0.1) is 0 Å². The Morgan fingerprint density at radius 2 is 1.30 bits per heavy atom. The van der Waals surface area contributed by atoms with E-state index in [2.05, 4.69) is 4.72 Å². The van der Waals surface area contributed by atoms with Gasteiger partial charge in [0.15, 0.2) is 0 Å². The van der Waals surface area contributed by atoms with Crippen molar-refractivity contribution in [3.63, 3.8) is 0 Å². The van der Waals surface area contributed by atoms with Crippen LogP contribution in [0.2, 0.25) is 0 Å². The molecule has 0 saturated heterocycles. The maximum absolute atomic E-state index is 13.1. The van der Waals surface area contributed by atoms with Gasteiger partial charge in [0.25, 0.3) is 0 Å². The van der Waals surface area contributed by atoms with Crippen molar-refractivity contribution in [2.45, 2.75) is 12.5 Å². The molecular formula is C16H16F3NO2S. The van der Waals surface area contributed by atoms with Crippen LogP contribution >= 0.6 is 0 Å². The third-order valence-corrected chi connectivity index (χ3v) is 4.67. The molecule has 0 fully saturated rings. The Kier molecular flexibility index (Phi) is 5.79. The Morgan fingerprint density at radius 3 is 1.70 bits per heavy atom. The molecule has 0 spiro atoms. The van der Waals surface area contributed by atoms with Crippen LogP contribution in [0.4, 0.5) is 13.2 Å². The minimum atomic E-state index is -3.74. The van der Waals surface area contributed by atoms with Crippen LogP contribution in [-0.2, 0) is 10.0 Å². The number of hydrogen-bond acceptors (Lipinski definition) is 2. The monoisotopic (exact) mass is 343 g/mol. The summed E-state index contributed by atoms with van der Waals surface area (Å²) in [6, 6.07) is 9.82. The van der Waals surface area contributed by atoms with Gasteiger partial charge < -0.3 is 0 Å². The van der Waals surface area contributed by atoms with E-state index < -0.39 is 34.4 Å². The van der Waals surface area contributed by atoms with E-state index in [1.165, 1.54) is 48.5 Å². The number of sulfonamides is 1. The second-order valence-electron chi connectivity index (χ2n) is 5.02. The summed E-state index contributed by atoms with van der Waals surface area (Å²) in [5.41, 5.74) is 1.00. The maximum Gasteiger partial charge on any atom is 0.212 e. The quantitative estimate of drug-likeness (QED) is 0.838. The lowest BCUT2D eigenvalue weighted by Gasteiger charge is -2.20. The molecule has 1 N–H and O–H groups in total. The van der Waals surface area contributed by atoms with E-state index in [1.54, 1.807) is 0 Å². The smallest absolute Gasteiger partial charge is 0.212 e. The summed E-state index contributed by atoms with van der Waals surface area (Å²) in [4.78, 5) is 0. The summed E-state index contributed by atoms with van der Waals surface area (Å²) in [5, 5.41) is 0. The Bertz CT molecular complexity index is 685. The van der Waals surface area contributed by atoms with Gasteiger partial charge >= 0.3 is 0 Å². The summed E-state index contributed by atoms with van der Waals surface area (Å²) in [5.74, 6) is -1.26. The van der Waals surface area contributed by atoms with E-state index in [9.17, 15) is 21.6 Å². The molecule has 0 aliphatic heterocycles. The van der Waals surface area contributed by atoms with Crippen molar-refractivity contribution in [3.05, 3.63) is 71.3 Å². The van der Waals surface area contributed by atoms with Crippen molar-refractivity contribution in [3.8, 4) is 0 Å². The largest absolute Gasteiger partial charge is 0.251 e. The van der Waals surface area contributed by atoms with Gasteiger partial charge in [0, 0.05) is 0 Å². The highest BCUT2D eigenvalue weighted by atomic mass is 32.2. The van der Waals surface area contributed by atoms with E-state index in [0.717, 1.165) is 0 Å². The zero-order chi connectivity index (χ0) is 16.9. The van der Waals surface area contributed by atoms with Crippen LogP contribution in [0.15, 0.2) is 48.5 Å². The zero-order valence-corrected chi connectivity index (χ0v) is 13.0. The van der Waals surface area contributed by atoms with Crippen LogP contribution in [0.25, 0.3) is 0 Å². The second kappa shape index (κ2) is 7.61. The Labute approximate surface area is 133 Å². The SMILES string of the molecule is O=S(=O)(CCCF)NC(c1ccc(F)cc1)c1ccc(F)cc1. The Hall–Kier alpha value is -1.86. The molecule has 2 aromatic carbocycles. The van der Waals surface area contributed by atoms with Crippen LogP contribution in [0.3, 0.4) is 0 Å². The minimum Gasteiger partial charge on any atom is -0.251 e. The molecule has 0 atom stereocenters. The lowest BCUT2D eigenvalue weighted by atomic mass is 10.00. The number of hydrogen-bond donors (Lipinski definition) is 1. The standard InChI is InChI=1S/C16H16F3NO2S/c17-10-1-11-23(21,22)20-16(12-2-6-14(18)7-3-12)13-4-8-15(19)9-5-13/h2-9,16,20H,1,10-11H2. The molecule has 2 aromatic rings. The molecule has 0 amide bonds. The normalized spacial score (nSPS) is 11.8. The number of benzene rings is 2. The van der Waals surface area contributed by atoms with E-state index in [-0.39, 0.29) is 12.2 Å². The molecule has 7 heteroatoms. The summed E-state index contributed by atoms with van der Waals surface area (Å²) < 4.78 is 64.9. The molecule has 2 rings (SSSR count). The average Bonchev–Trinajstić information content (AvgIpc) is 2.53. The minimum absolute atomic E-state index is 0.116. The lowest BCUT2D eigenvalue weighted by molar-refractivity contribution is 0.482. The molecule has 3 nitrogen and oxygen atoms in total. The average molecular weight is 343 g/mol. The Balaban J connectivity index is 2.35. The van der Waals surface area contributed by atoms with Crippen LogP contribution in [-0.4, -0.2) is 20.8 Å². The maximum atomic E-state index is 13.1. The predicted octanol–water partition coefficient (Wildman–Crippen LogP) is 3.33. The van der Waals surface area contributed by atoms with Gasteiger partial charge in [-0.2, -0.15) is 0 Å². The summed E-state index contributed by atoms with van der Waals surface area (Å²) >= 11 is 0. The highest BCUT2D eigenvalue weighted by Gasteiger charge is 2.21. The summed E-state index contributed by atoms with van der Waals surface area (Å²) in [7, 11) is -3.74. The number of alkyl halides is 1. The molecule has 0 aliphatic rings. The van der Waals surface area contributed by atoms with Crippen LogP contribution < -0.4 is 4.72 Å². The number of nitrogens with one attached hydrogen (secondary N) is 1. The van der Waals surface area contributed by atoms with Gasteiger partial charge in [0.1, 0.15) is 11.6 Å². The van der Waals surface area contributed by atoms with Crippen molar-refractivity contribution >= 4 is 10.0 Å². The van der Waals surface area contributed by atoms with Crippen molar-refractivity contribution < 1.29 is 21.6 Å². The van der Waals surface area contributed by atoms with Gasteiger partial charge in [-0.05, 0) is 41.8 Å². The van der Waals surface area contributed by atoms with Crippen LogP contribution in [0, 0.1) is 11.6 Å². The number of halogens is 3. The van der Waals surface area contributed by atoms with E-state index in [4.69, 9.17) is 0 Å².